The molecule has 0 aliphatic heterocycles. The van der Waals surface area contributed by atoms with Crippen molar-refractivity contribution in [3.63, 3.8) is 0 Å². The zero-order valence-electron chi connectivity index (χ0n) is 11.9. The van der Waals surface area contributed by atoms with Gasteiger partial charge in [0.15, 0.2) is 0 Å². The molecule has 0 bridgehead atoms. The third kappa shape index (κ3) is 3.22. The summed E-state index contributed by atoms with van der Waals surface area (Å²) in [5.41, 5.74) is 10.2. The van der Waals surface area contributed by atoms with E-state index in [1.165, 1.54) is 22.5 Å². The maximum absolute atomic E-state index is 12.3. The van der Waals surface area contributed by atoms with Crippen molar-refractivity contribution in [1.82, 2.24) is 5.32 Å². The van der Waals surface area contributed by atoms with Crippen LogP contribution < -0.4 is 11.1 Å². The molecule has 1 aliphatic rings. The highest BCUT2D eigenvalue weighted by molar-refractivity contribution is 7.12. The average molecular weight is 323 g/mol. The lowest BCUT2D eigenvalue weighted by atomic mass is 9.87. The number of rotatable bonds is 2. The van der Waals surface area contributed by atoms with Gasteiger partial charge < -0.3 is 11.1 Å². The number of amides is 1. The molecule has 5 heteroatoms. The number of carbonyl (C=O) groups is 1. The third-order valence-electron chi connectivity index (χ3n) is 3.86. The van der Waals surface area contributed by atoms with Crippen molar-refractivity contribution in [2.75, 3.05) is 5.73 Å². The van der Waals surface area contributed by atoms with E-state index in [1.807, 2.05) is 30.5 Å². The Labute approximate surface area is 135 Å². The van der Waals surface area contributed by atoms with Crippen molar-refractivity contribution >= 4 is 35.3 Å². The van der Waals surface area contributed by atoms with Gasteiger partial charge in [0.05, 0.1) is 10.9 Å². The van der Waals surface area contributed by atoms with Gasteiger partial charge in [0.1, 0.15) is 0 Å². The summed E-state index contributed by atoms with van der Waals surface area (Å²) in [7, 11) is 0. The molecule has 0 saturated carbocycles. The summed E-state index contributed by atoms with van der Waals surface area (Å²) >= 11 is 1.50. The van der Waals surface area contributed by atoms with E-state index in [0.29, 0.717) is 0 Å². The van der Waals surface area contributed by atoms with Gasteiger partial charge in [-0.1, -0.05) is 6.07 Å². The zero-order chi connectivity index (χ0) is 14.1. The number of carbonyl (C=O) groups excluding carboxylic acids is 1. The molecule has 2 aromatic rings. The van der Waals surface area contributed by atoms with Gasteiger partial charge in [0.25, 0.3) is 5.91 Å². The van der Waals surface area contributed by atoms with Gasteiger partial charge >= 0.3 is 0 Å². The predicted molar refractivity (Wildman–Crippen MR) is 90.3 cm³/mol. The maximum atomic E-state index is 12.3. The van der Waals surface area contributed by atoms with Crippen LogP contribution in [0.2, 0.25) is 0 Å². The van der Waals surface area contributed by atoms with Crippen LogP contribution in [0.4, 0.5) is 5.69 Å². The van der Waals surface area contributed by atoms with Crippen LogP contribution in [0.15, 0.2) is 29.6 Å². The Kier molecular flexibility index (Phi) is 4.91. The summed E-state index contributed by atoms with van der Waals surface area (Å²) in [6.07, 6.45) is 3.13. The molecular weight excluding hydrogens is 304 g/mol. The Morgan fingerprint density at radius 2 is 2.19 bits per heavy atom. The molecule has 1 unspecified atom stereocenters. The first-order valence-corrected chi connectivity index (χ1v) is 7.76. The van der Waals surface area contributed by atoms with Gasteiger partial charge in [-0.3, -0.25) is 4.79 Å². The largest absolute Gasteiger partial charge is 0.399 e. The third-order valence-corrected chi connectivity index (χ3v) is 4.87. The minimum Gasteiger partial charge on any atom is -0.399 e. The summed E-state index contributed by atoms with van der Waals surface area (Å²) in [6.45, 7) is 1.97. The molecule has 0 saturated heterocycles. The first-order chi connectivity index (χ1) is 9.65. The number of aryl methyl sites for hydroxylation is 2. The van der Waals surface area contributed by atoms with Crippen molar-refractivity contribution in [3.05, 3.63) is 51.2 Å². The predicted octanol–water partition coefficient (Wildman–Crippen LogP) is 3.87. The van der Waals surface area contributed by atoms with E-state index in [9.17, 15) is 4.79 Å². The van der Waals surface area contributed by atoms with Gasteiger partial charge in [0.2, 0.25) is 0 Å². The van der Waals surface area contributed by atoms with Crippen LogP contribution in [-0.4, -0.2) is 5.91 Å². The molecule has 0 radical (unpaired) electrons. The van der Waals surface area contributed by atoms with Crippen molar-refractivity contribution in [3.8, 4) is 0 Å². The summed E-state index contributed by atoms with van der Waals surface area (Å²) < 4.78 is 0. The molecular formula is C16H19ClN2OS. The topological polar surface area (TPSA) is 55.1 Å². The number of halogens is 1. The lowest BCUT2D eigenvalue weighted by Gasteiger charge is -2.26. The Hall–Kier alpha value is -1.52. The number of thiophene rings is 1. The molecule has 1 heterocycles. The SMILES string of the molecule is Cc1ccsc1C(=O)NC1CCCc2cc(N)ccc21.Cl. The summed E-state index contributed by atoms with van der Waals surface area (Å²) in [6, 6.07) is 8.09. The molecule has 1 aliphatic carbocycles. The first-order valence-electron chi connectivity index (χ1n) is 6.88. The summed E-state index contributed by atoms with van der Waals surface area (Å²) in [5.74, 6) is 0.0344. The van der Waals surface area contributed by atoms with Crippen molar-refractivity contribution < 1.29 is 4.79 Å². The molecule has 1 amide bonds. The minimum absolute atomic E-state index is 0. The zero-order valence-corrected chi connectivity index (χ0v) is 13.5. The second-order valence-corrected chi connectivity index (χ2v) is 6.23. The second-order valence-electron chi connectivity index (χ2n) is 5.31. The first kappa shape index (κ1) is 15.9. The minimum atomic E-state index is 0. The van der Waals surface area contributed by atoms with Crippen LogP contribution in [0, 0.1) is 6.92 Å². The smallest absolute Gasteiger partial charge is 0.262 e. The molecule has 1 aromatic carbocycles. The monoisotopic (exact) mass is 322 g/mol. The Balaban J connectivity index is 0.00000161. The lowest BCUT2D eigenvalue weighted by Crippen LogP contribution is -2.30. The lowest BCUT2D eigenvalue weighted by molar-refractivity contribution is 0.0936. The summed E-state index contributed by atoms with van der Waals surface area (Å²) in [4.78, 5) is 13.2. The van der Waals surface area contributed by atoms with Gasteiger partial charge in [-0.05, 0) is 66.5 Å². The van der Waals surface area contributed by atoms with Gasteiger partial charge in [-0.15, -0.1) is 23.7 Å². The number of anilines is 1. The molecule has 0 spiro atoms. The number of nitrogens with one attached hydrogen (secondary N) is 1. The fraction of sp³-hybridized carbons (Fsp3) is 0.312. The van der Waals surface area contributed by atoms with Gasteiger partial charge in [-0.2, -0.15) is 0 Å². The highest BCUT2D eigenvalue weighted by Crippen LogP contribution is 2.31. The van der Waals surface area contributed by atoms with Gasteiger partial charge in [-0.25, -0.2) is 0 Å². The Morgan fingerprint density at radius 3 is 2.90 bits per heavy atom. The van der Waals surface area contributed by atoms with E-state index in [1.54, 1.807) is 0 Å². The quantitative estimate of drug-likeness (QED) is 0.825. The number of fused-ring (bicyclic) bond motifs is 1. The van der Waals surface area contributed by atoms with Crippen LogP contribution in [0.25, 0.3) is 0 Å². The van der Waals surface area contributed by atoms with E-state index in [4.69, 9.17) is 5.73 Å². The Bertz CT molecular complexity index is 653. The van der Waals surface area contributed by atoms with Crippen LogP contribution in [0.5, 0.6) is 0 Å². The van der Waals surface area contributed by atoms with E-state index in [2.05, 4.69) is 11.4 Å². The normalized spacial score (nSPS) is 16.7. The highest BCUT2D eigenvalue weighted by Gasteiger charge is 2.23. The fourth-order valence-electron chi connectivity index (χ4n) is 2.81. The summed E-state index contributed by atoms with van der Waals surface area (Å²) in [5, 5.41) is 5.13. The van der Waals surface area contributed by atoms with Crippen molar-refractivity contribution in [2.45, 2.75) is 32.2 Å². The van der Waals surface area contributed by atoms with Crippen LogP contribution in [0.3, 0.4) is 0 Å². The number of hydrogen-bond donors (Lipinski definition) is 2. The van der Waals surface area contributed by atoms with E-state index >= 15 is 0 Å². The molecule has 3 rings (SSSR count). The number of hydrogen-bond acceptors (Lipinski definition) is 3. The average Bonchev–Trinajstić information content (AvgIpc) is 2.85. The fourth-order valence-corrected chi connectivity index (χ4v) is 3.64. The Morgan fingerprint density at radius 1 is 1.38 bits per heavy atom. The molecule has 1 aromatic heterocycles. The van der Waals surface area contributed by atoms with Crippen LogP contribution >= 0.6 is 23.7 Å². The second kappa shape index (κ2) is 6.50. The number of benzene rings is 1. The number of nitrogens with two attached hydrogens (primary N) is 1. The number of nitrogen functional groups attached to an aromatic ring is 1. The molecule has 3 nitrogen and oxygen atoms in total. The standard InChI is InChI=1S/C16H18N2OS.ClH/c1-10-7-8-20-15(10)16(19)18-14-4-2-3-11-9-12(17)5-6-13(11)14;/h5-9,14H,2-4,17H2,1H3,(H,18,19);1H. The van der Waals surface area contributed by atoms with E-state index < -0.39 is 0 Å². The van der Waals surface area contributed by atoms with Crippen molar-refractivity contribution in [1.29, 1.82) is 0 Å². The molecule has 1 atom stereocenters. The van der Waals surface area contributed by atoms with Crippen LogP contribution in [-0.2, 0) is 6.42 Å². The molecule has 0 fully saturated rings. The maximum Gasteiger partial charge on any atom is 0.262 e. The van der Waals surface area contributed by atoms with E-state index in [-0.39, 0.29) is 24.4 Å². The van der Waals surface area contributed by atoms with Gasteiger partial charge in [0, 0.05) is 5.69 Å². The van der Waals surface area contributed by atoms with E-state index in [0.717, 1.165) is 35.4 Å². The van der Waals surface area contributed by atoms with Crippen molar-refractivity contribution in [2.24, 2.45) is 0 Å². The molecule has 21 heavy (non-hydrogen) atoms. The molecule has 3 N–H and O–H groups in total. The highest BCUT2D eigenvalue weighted by atomic mass is 35.5. The molecule has 112 valence electrons. The van der Waals surface area contributed by atoms with Crippen LogP contribution in [0.1, 0.15) is 45.2 Å².